The highest BCUT2D eigenvalue weighted by atomic mass is 16.3. The molecule has 1 amide bonds. The molecule has 0 saturated carbocycles. The van der Waals surface area contributed by atoms with E-state index in [1.165, 1.54) is 0 Å². The Balaban J connectivity index is 3.93. The highest BCUT2D eigenvalue weighted by Gasteiger charge is 2.19. The third-order valence-electron chi connectivity index (χ3n) is 2.42. The molecule has 0 aromatic carbocycles. The third kappa shape index (κ3) is 10.3. The van der Waals surface area contributed by atoms with Crippen LogP contribution >= 0.6 is 0 Å². The molecule has 0 aliphatic heterocycles. The molecule has 0 aromatic rings. The molecule has 0 fully saturated rings. The highest BCUT2D eigenvalue weighted by Crippen LogP contribution is 2.20. The Morgan fingerprint density at radius 2 is 1.88 bits per heavy atom. The summed E-state index contributed by atoms with van der Waals surface area (Å²) in [6.45, 7) is 9.94. The van der Waals surface area contributed by atoms with Crippen molar-refractivity contribution in [2.45, 2.75) is 72.1 Å². The molecule has 102 valence electrons. The van der Waals surface area contributed by atoms with Crippen molar-refractivity contribution >= 4 is 5.91 Å². The van der Waals surface area contributed by atoms with E-state index >= 15 is 0 Å². The minimum atomic E-state index is -0.395. The van der Waals surface area contributed by atoms with E-state index in [4.69, 9.17) is 5.73 Å². The van der Waals surface area contributed by atoms with Crippen LogP contribution in [0, 0.1) is 5.41 Å². The van der Waals surface area contributed by atoms with E-state index in [0.29, 0.717) is 12.8 Å². The van der Waals surface area contributed by atoms with Gasteiger partial charge in [0, 0.05) is 18.5 Å². The topological polar surface area (TPSA) is 75.3 Å². The van der Waals surface area contributed by atoms with Crippen molar-refractivity contribution < 1.29 is 9.90 Å². The van der Waals surface area contributed by atoms with Crippen molar-refractivity contribution in [3.05, 3.63) is 0 Å². The number of carbonyl (C=O) groups excluding carboxylic acids is 1. The van der Waals surface area contributed by atoms with E-state index in [1.54, 1.807) is 6.92 Å². The van der Waals surface area contributed by atoms with Crippen molar-refractivity contribution in [3.8, 4) is 0 Å². The Morgan fingerprint density at radius 3 is 2.29 bits per heavy atom. The summed E-state index contributed by atoms with van der Waals surface area (Å²) in [5, 5.41) is 12.0. The molecule has 0 aliphatic carbocycles. The maximum atomic E-state index is 11.7. The van der Waals surface area contributed by atoms with E-state index in [1.807, 2.05) is 6.92 Å². The smallest absolute Gasteiger partial charge is 0.221 e. The molecule has 0 bridgehead atoms. The first-order valence-corrected chi connectivity index (χ1v) is 6.33. The fourth-order valence-electron chi connectivity index (χ4n) is 2.00. The predicted octanol–water partition coefficient (Wildman–Crippen LogP) is 1.42. The number of nitrogens with two attached hydrogens (primary N) is 1. The molecule has 3 atom stereocenters. The molecule has 4 nitrogen and oxygen atoms in total. The van der Waals surface area contributed by atoms with E-state index in [0.717, 1.165) is 6.42 Å². The van der Waals surface area contributed by atoms with Crippen LogP contribution in [-0.2, 0) is 4.79 Å². The van der Waals surface area contributed by atoms with E-state index in [9.17, 15) is 9.90 Å². The van der Waals surface area contributed by atoms with Gasteiger partial charge in [-0.15, -0.1) is 0 Å². The fraction of sp³-hybridized carbons (Fsp3) is 0.923. The normalized spacial score (nSPS) is 17.4. The second-order valence-corrected chi connectivity index (χ2v) is 6.28. The quantitative estimate of drug-likeness (QED) is 0.661. The van der Waals surface area contributed by atoms with Gasteiger partial charge in [0.15, 0.2) is 0 Å². The first-order valence-electron chi connectivity index (χ1n) is 6.33. The van der Waals surface area contributed by atoms with E-state index < -0.39 is 6.10 Å². The number of aliphatic hydroxyl groups excluding tert-OH is 1. The summed E-state index contributed by atoms with van der Waals surface area (Å²) in [6.07, 6.45) is 1.35. The Labute approximate surface area is 105 Å². The maximum Gasteiger partial charge on any atom is 0.221 e. The zero-order chi connectivity index (χ0) is 13.6. The predicted molar refractivity (Wildman–Crippen MR) is 70.6 cm³/mol. The Bertz CT molecular complexity index is 234. The molecular weight excluding hydrogens is 216 g/mol. The highest BCUT2D eigenvalue weighted by molar-refractivity contribution is 5.76. The lowest BCUT2D eigenvalue weighted by molar-refractivity contribution is -0.122. The zero-order valence-corrected chi connectivity index (χ0v) is 11.8. The van der Waals surface area contributed by atoms with Crippen LogP contribution in [0.2, 0.25) is 0 Å². The second kappa shape index (κ2) is 6.97. The van der Waals surface area contributed by atoms with Crippen molar-refractivity contribution in [1.29, 1.82) is 0 Å². The summed E-state index contributed by atoms with van der Waals surface area (Å²) in [5.41, 5.74) is 6.07. The zero-order valence-electron chi connectivity index (χ0n) is 11.8. The van der Waals surface area contributed by atoms with Crippen LogP contribution in [0.5, 0.6) is 0 Å². The van der Waals surface area contributed by atoms with Gasteiger partial charge in [0.1, 0.15) is 0 Å². The number of hydrogen-bond donors (Lipinski definition) is 3. The van der Waals surface area contributed by atoms with Gasteiger partial charge in [-0.1, -0.05) is 20.8 Å². The molecule has 0 spiro atoms. The van der Waals surface area contributed by atoms with Gasteiger partial charge < -0.3 is 16.2 Å². The standard InChI is InChI=1S/C13H28N2O2/c1-9(6-10(2)16)15-12(17)7-11(14)8-13(3,4)5/h9-11,16H,6-8,14H2,1-5H3,(H,15,17). The number of hydrogen-bond acceptors (Lipinski definition) is 3. The van der Waals surface area contributed by atoms with Gasteiger partial charge in [-0.3, -0.25) is 4.79 Å². The van der Waals surface area contributed by atoms with Crippen molar-refractivity contribution in [1.82, 2.24) is 5.32 Å². The summed E-state index contributed by atoms with van der Waals surface area (Å²) >= 11 is 0. The lowest BCUT2D eigenvalue weighted by Gasteiger charge is -2.23. The Kier molecular flexibility index (Phi) is 6.72. The minimum absolute atomic E-state index is 0.00987. The molecule has 4 heteroatoms. The van der Waals surface area contributed by atoms with Gasteiger partial charge in [-0.2, -0.15) is 0 Å². The van der Waals surface area contributed by atoms with Gasteiger partial charge >= 0.3 is 0 Å². The van der Waals surface area contributed by atoms with E-state index in [-0.39, 0.29) is 23.4 Å². The number of carbonyl (C=O) groups is 1. The molecule has 0 radical (unpaired) electrons. The van der Waals surface area contributed by atoms with Gasteiger partial charge in [-0.05, 0) is 32.1 Å². The van der Waals surface area contributed by atoms with Crippen LogP contribution in [0.1, 0.15) is 53.9 Å². The van der Waals surface area contributed by atoms with Gasteiger partial charge in [0.2, 0.25) is 5.91 Å². The molecule has 0 saturated heterocycles. The monoisotopic (exact) mass is 244 g/mol. The first kappa shape index (κ1) is 16.4. The number of nitrogens with one attached hydrogen (secondary N) is 1. The summed E-state index contributed by atoms with van der Waals surface area (Å²) in [4.78, 5) is 11.7. The molecular formula is C13H28N2O2. The second-order valence-electron chi connectivity index (χ2n) is 6.28. The third-order valence-corrected chi connectivity index (χ3v) is 2.42. The molecule has 0 heterocycles. The molecule has 0 aromatic heterocycles. The van der Waals surface area contributed by atoms with Gasteiger partial charge in [0.05, 0.1) is 6.10 Å². The summed E-state index contributed by atoms with van der Waals surface area (Å²) in [5.74, 6) is -0.0325. The van der Waals surface area contributed by atoms with Crippen LogP contribution in [0.3, 0.4) is 0 Å². The SMILES string of the molecule is CC(O)CC(C)NC(=O)CC(N)CC(C)(C)C. The average molecular weight is 244 g/mol. The lowest BCUT2D eigenvalue weighted by Crippen LogP contribution is -2.39. The fourth-order valence-corrected chi connectivity index (χ4v) is 2.00. The molecule has 4 N–H and O–H groups in total. The molecule has 3 unspecified atom stereocenters. The summed E-state index contributed by atoms with van der Waals surface area (Å²) in [6, 6.07) is -0.113. The number of amides is 1. The first-order chi connectivity index (χ1) is 7.60. The maximum absolute atomic E-state index is 11.7. The van der Waals surface area contributed by atoms with Crippen LogP contribution < -0.4 is 11.1 Å². The number of rotatable bonds is 6. The molecule has 0 rings (SSSR count). The van der Waals surface area contributed by atoms with Crippen LogP contribution in [0.15, 0.2) is 0 Å². The van der Waals surface area contributed by atoms with Crippen molar-refractivity contribution in [3.63, 3.8) is 0 Å². The Hall–Kier alpha value is -0.610. The van der Waals surface area contributed by atoms with Gasteiger partial charge in [-0.25, -0.2) is 0 Å². The van der Waals surface area contributed by atoms with Crippen molar-refractivity contribution in [2.24, 2.45) is 11.1 Å². The van der Waals surface area contributed by atoms with Gasteiger partial charge in [0.25, 0.3) is 0 Å². The van der Waals surface area contributed by atoms with E-state index in [2.05, 4.69) is 26.1 Å². The largest absolute Gasteiger partial charge is 0.393 e. The summed E-state index contributed by atoms with van der Waals surface area (Å²) in [7, 11) is 0. The van der Waals surface area contributed by atoms with Crippen LogP contribution in [0.25, 0.3) is 0 Å². The Morgan fingerprint density at radius 1 is 1.35 bits per heavy atom. The minimum Gasteiger partial charge on any atom is -0.393 e. The molecule has 17 heavy (non-hydrogen) atoms. The van der Waals surface area contributed by atoms with Crippen LogP contribution in [-0.4, -0.2) is 29.2 Å². The number of aliphatic hydroxyl groups is 1. The lowest BCUT2D eigenvalue weighted by atomic mass is 9.87. The molecule has 0 aliphatic rings. The summed E-state index contributed by atoms with van der Waals surface area (Å²) < 4.78 is 0. The average Bonchev–Trinajstić information content (AvgIpc) is 1.95. The van der Waals surface area contributed by atoms with Crippen molar-refractivity contribution in [2.75, 3.05) is 0 Å². The van der Waals surface area contributed by atoms with Crippen LogP contribution in [0.4, 0.5) is 0 Å².